The Balaban J connectivity index is 2.24. The van der Waals surface area contributed by atoms with Crippen LogP contribution in [0, 0.1) is 22.7 Å². The van der Waals surface area contributed by atoms with E-state index in [-0.39, 0.29) is 22.9 Å². The second kappa shape index (κ2) is 7.03. The average molecular weight is 335 g/mol. The molecule has 3 nitrogen and oxygen atoms in total. The summed E-state index contributed by atoms with van der Waals surface area (Å²) in [5.41, 5.74) is 2.80. The molecule has 5 atom stereocenters. The fraction of sp³-hybridized carbons (Fsp3) is 0.762. The largest absolute Gasteiger partial charge is 0.466 e. The number of fused-ring (bicyclic) bond motifs is 1. The summed E-state index contributed by atoms with van der Waals surface area (Å²) < 4.78 is 4.73. The molecule has 1 N–H and O–H groups in total. The fourth-order valence-corrected chi connectivity index (χ4v) is 5.10. The Hall–Kier alpha value is -1.09. The van der Waals surface area contributed by atoms with Gasteiger partial charge in [-0.1, -0.05) is 38.0 Å². The van der Waals surface area contributed by atoms with Crippen LogP contribution < -0.4 is 0 Å². The molecule has 0 aromatic rings. The summed E-state index contributed by atoms with van der Waals surface area (Å²) >= 11 is 0. The lowest BCUT2D eigenvalue weighted by molar-refractivity contribution is -0.134. The van der Waals surface area contributed by atoms with Crippen molar-refractivity contribution in [2.45, 2.75) is 72.8 Å². The molecule has 24 heavy (non-hydrogen) atoms. The lowest BCUT2D eigenvalue weighted by Gasteiger charge is -2.58. The van der Waals surface area contributed by atoms with Crippen LogP contribution in [-0.4, -0.2) is 24.3 Å². The van der Waals surface area contributed by atoms with Gasteiger partial charge in [0, 0.05) is 6.08 Å². The van der Waals surface area contributed by atoms with Gasteiger partial charge < -0.3 is 9.84 Å². The van der Waals surface area contributed by atoms with Crippen LogP contribution in [0.1, 0.15) is 66.7 Å². The minimum Gasteiger partial charge on any atom is -0.466 e. The topological polar surface area (TPSA) is 46.5 Å². The average Bonchev–Trinajstić information content (AvgIpc) is 2.52. The number of hydrogen-bond acceptors (Lipinski definition) is 3. The van der Waals surface area contributed by atoms with E-state index in [1.807, 2.05) is 6.92 Å². The van der Waals surface area contributed by atoms with Gasteiger partial charge in [0.1, 0.15) is 0 Å². The Labute approximate surface area is 147 Å². The third kappa shape index (κ3) is 3.46. The molecule has 3 heteroatoms. The molecule has 0 bridgehead atoms. The Morgan fingerprint density at radius 2 is 2.12 bits per heavy atom. The summed E-state index contributed by atoms with van der Waals surface area (Å²) in [5, 5.41) is 10.3. The van der Waals surface area contributed by atoms with Crippen molar-refractivity contribution in [2.24, 2.45) is 22.7 Å². The summed E-state index contributed by atoms with van der Waals surface area (Å²) in [7, 11) is 1.42. The standard InChI is InChI=1S/C21H34O3/c1-14(11-19(23)24-6)7-9-20(4)15(2)8-10-21(5)16(3)12-17(22)13-18(20)21/h11-12,15,17-18,22H,7-10,13H2,1-6H3/b14-11+/t15-,17+,18-,20+,21+/m1/s1. The van der Waals surface area contributed by atoms with Crippen LogP contribution in [0.15, 0.2) is 23.3 Å². The number of aliphatic hydroxyl groups is 1. The van der Waals surface area contributed by atoms with Crippen molar-refractivity contribution in [3.05, 3.63) is 23.3 Å². The minimum atomic E-state index is -0.320. The smallest absolute Gasteiger partial charge is 0.330 e. The molecule has 2 rings (SSSR count). The molecule has 0 unspecified atom stereocenters. The Bertz CT molecular complexity index is 547. The second-order valence-corrected chi connectivity index (χ2v) is 8.58. The molecular weight excluding hydrogens is 300 g/mol. The zero-order valence-electron chi connectivity index (χ0n) is 16.2. The first kappa shape index (κ1) is 19.2. The van der Waals surface area contributed by atoms with Gasteiger partial charge in [0.25, 0.3) is 0 Å². The maximum atomic E-state index is 11.4. The quantitative estimate of drug-likeness (QED) is 0.462. The molecule has 2 aliphatic carbocycles. The van der Waals surface area contributed by atoms with Gasteiger partial charge in [0.15, 0.2) is 0 Å². The highest BCUT2D eigenvalue weighted by Gasteiger charge is 2.54. The van der Waals surface area contributed by atoms with Gasteiger partial charge in [-0.3, -0.25) is 0 Å². The van der Waals surface area contributed by atoms with Gasteiger partial charge in [-0.25, -0.2) is 4.79 Å². The van der Waals surface area contributed by atoms with E-state index in [2.05, 4.69) is 33.8 Å². The highest BCUT2D eigenvalue weighted by Crippen LogP contribution is 2.61. The predicted octanol–water partition coefficient (Wildman–Crippen LogP) is 4.66. The van der Waals surface area contributed by atoms with Crippen LogP contribution >= 0.6 is 0 Å². The number of rotatable bonds is 4. The van der Waals surface area contributed by atoms with Gasteiger partial charge in [-0.2, -0.15) is 0 Å². The lowest BCUT2D eigenvalue weighted by Crippen LogP contribution is -2.51. The van der Waals surface area contributed by atoms with E-state index in [9.17, 15) is 9.90 Å². The molecule has 136 valence electrons. The fourth-order valence-electron chi connectivity index (χ4n) is 5.10. The van der Waals surface area contributed by atoms with Gasteiger partial charge >= 0.3 is 5.97 Å². The second-order valence-electron chi connectivity index (χ2n) is 8.58. The van der Waals surface area contributed by atoms with Gasteiger partial charge in [-0.05, 0) is 68.6 Å². The number of ether oxygens (including phenoxy) is 1. The molecule has 0 spiro atoms. The van der Waals surface area contributed by atoms with E-state index in [0.29, 0.717) is 11.8 Å². The number of carbonyl (C=O) groups is 1. The van der Waals surface area contributed by atoms with Crippen molar-refractivity contribution < 1.29 is 14.6 Å². The zero-order chi connectivity index (χ0) is 18.1. The van der Waals surface area contributed by atoms with Crippen LogP contribution in [0.2, 0.25) is 0 Å². The maximum Gasteiger partial charge on any atom is 0.330 e. The number of allylic oxidation sites excluding steroid dienone is 2. The van der Waals surface area contributed by atoms with Crippen LogP contribution in [0.5, 0.6) is 0 Å². The third-order valence-electron chi connectivity index (χ3n) is 7.23. The summed E-state index contributed by atoms with van der Waals surface area (Å²) in [6.07, 6.45) is 8.60. The molecule has 0 aromatic heterocycles. The summed E-state index contributed by atoms with van der Waals surface area (Å²) in [5.74, 6) is 0.838. The van der Waals surface area contributed by atoms with Gasteiger partial charge in [-0.15, -0.1) is 0 Å². The summed E-state index contributed by atoms with van der Waals surface area (Å²) in [4.78, 5) is 11.4. The number of hydrogen-bond donors (Lipinski definition) is 1. The number of aliphatic hydroxyl groups excluding tert-OH is 1. The minimum absolute atomic E-state index is 0.175. The molecule has 0 heterocycles. The lowest BCUT2D eigenvalue weighted by atomic mass is 9.46. The molecule has 2 aliphatic rings. The highest BCUT2D eigenvalue weighted by atomic mass is 16.5. The van der Waals surface area contributed by atoms with E-state index in [1.165, 1.54) is 25.5 Å². The Morgan fingerprint density at radius 1 is 1.46 bits per heavy atom. The highest BCUT2D eigenvalue weighted by molar-refractivity contribution is 5.82. The Morgan fingerprint density at radius 3 is 2.75 bits per heavy atom. The van der Waals surface area contributed by atoms with Crippen molar-refractivity contribution in [1.29, 1.82) is 0 Å². The third-order valence-corrected chi connectivity index (χ3v) is 7.23. The Kier molecular flexibility index (Phi) is 5.64. The number of methoxy groups -OCH3 is 1. The number of carbonyl (C=O) groups excluding carboxylic acids is 1. The van der Waals surface area contributed by atoms with Crippen molar-refractivity contribution in [3.8, 4) is 0 Å². The van der Waals surface area contributed by atoms with E-state index in [1.54, 1.807) is 6.08 Å². The normalized spacial score (nSPS) is 39.9. The first-order valence-corrected chi connectivity index (χ1v) is 9.25. The summed E-state index contributed by atoms with van der Waals surface area (Å²) in [6.45, 7) is 11.3. The van der Waals surface area contributed by atoms with Crippen LogP contribution in [0.25, 0.3) is 0 Å². The molecule has 1 saturated carbocycles. The van der Waals surface area contributed by atoms with Crippen molar-refractivity contribution >= 4 is 5.97 Å². The SMILES string of the molecule is COC(=O)/C=C(\C)CC[C@@]1(C)[C@H](C)CC[C@@]2(C)C(C)=C[C@H](O)C[C@H]12. The van der Waals surface area contributed by atoms with E-state index >= 15 is 0 Å². The van der Waals surface area contributed by atoms with Crippen LogP contribution in [0.4, 0.5) is 0 Å². The van der Waals surface area contributed by atoms with Crippen molar-refractivity contribution in [3.63, 3.8) is 0 Å². The van der Waals surface area contributed by atoms with E-state index in [0.717, 1.165) is 24.8 Å². The van der Waals surface area contributed by atoms with Crippen molar-refractivity contribution in [1.82, 2.24) is 0 Å². The van der Waals surface area contributed by atoms with Gasteiger partial charge in [0.2, 0.25) is 0 Å². The molecule has 0 aromatic carbocycles. The molecule has 1 fully saturated rings. The monoisotopic (exact) mass is 334 g/mol. The number of esters is 1. The maximum absolute atomic E-state index is 11.4. The van der Waals surface area contributed by atoms with Gasteiger partial charge in [0.05, 0.1) is 13.2 Å². The van der Waals surface area contributed by atoms with E-state index < -0.39 is 0 Å². The summed E-state index contributed by atoms with van der Waals surface area (Å²) in [6, 6.07) is 0. The first-order chi connectivity index (χ1) is 11.1. The van der Waals surface area contributed by atoms with Crippen LogP contribution in [0.3, 0.4) is 0 Å². The van der Waals surface area contributed by atoms with Crippen molar-refractivity contribution in [2.75, 3.05) is 7.11 Å². The molecular formula is C21H34O3. The first-order valence-electron chi connectivity index (χ1n) is 9.25. The molecule has 0 saturated heterocycles. The predicted molar refractivity (Wildman–Crippen MR) is 97.5 cm³/mol. The zero-order valence-corrected chi connectivity index (χ0v) is 16.2. The van der Waals surface area contributed by atoms with Crippen LogP contribution in [-0.2, 0) is 9.53 Å². The van der Waals surface area contributed by atoms with E-state index in [4.69, 9.17) is 4.74 Å². The molecule has 0 radical (unpaired) electrons. The molecule has 0 aliphatic heterocycles. The molecule has 0 amide bonds.